The molecule has 0 radical (unpaired) electrons. The van der Waals surface area contributed by atoms with Crippen LogP contribution in [0.2, 0.25) is 5.02 Å². The number of rotatable bonds is 4. The summed E-state index contributed by atoms with van der Waals surface area (Å²) in [5.74, 6) is -1.33. The van der Waals surface area contributed by atoms with Crippen molar-refractivity contribution in [2.45, 2.75) is 57.4 Å². The van der Waals surface area contributed by atoms with Gasteiger partial charge in [0.2, 0.25) is 5.91 Å². The summed E-state index contributed by atoms with van der Waals surface area (Å²) in [6.07, 6.45) is -7.07. The Morgan fingerprint density at radius 2 is 1.71 bits per heavy atom. The highest BCUT2D eigenvalue weighted by atomic mass is 35.5. The fourth-order valence-electron chi connectivity index (χ4n) is 4.02. The van der Waals surface area contributed by atoms with Crippen LogP contribution in [0.3, 0.4) is 0 Å². The first-order valence-electron chi connectivity index (χ1n) is 9.59. The summed E-state index contributed by atoms with van der Waals surface area (Å²) in [5, 5.41) is 3.55. The molecular formula is C20H20ClF6N3O. The molecule has 1 aliphatic rings. The molecule has 1 saturated carbocycles. The summed E-state index contributed by atoms with van der Waals surface area (Å²) in [6, 6.07) is 2.59. The van der Waals surface area contributed by atoms with Crippen LogP contribution in [-0.4, -0.2) is 15.7 Å². The molecule has 0 unspecified atom stereocenters. The van der Waals surface area contributed by atoms with E-state index in [1.54, 1.807) is 6.92 Å². The van der Waals surface area contributed by atoms with E-state index in [1.165, 1.54) is 4.68 Å². The van der Waals surface area contributed by atoms with Crippen LogP contribution in [-0.2, 0) is 18.9 Å². The second-order valence-electron chi connectivity index (χ2n) is 7.86. The zero-order valence-electron chi connectivity index (χ0n) is 16.4. The molecule has 1 aliphatic carbocycles. The van der Waals surface area contributed by atoms with E-state index in [0.29, 0.717) is 37.4 Å². The normalized spacial score (nSPS) is 20.1. The Morgan fingerprint density at radius 3 is 2.19 bits per heavy atom. The lowest BCUT2D eigenvalue weighted by molar-refractivity contribution is -0.141. The minimum atomic E-state index is -4.66. The Balaban J connectivity index is 1.76. The zero-order chi connectivity index (χ0) is 23.1. The Morgan fingerprint density at radius 1 is 1.10 bits per heavy atom. The molecule has 0 saturated heterocycles. The maximum atomic E-state index is 13.3. The molecule has 1 aromatic carbocycles. The maximum absolute atomic E-state index is 13.3. The number of hydrogen-bond acceptors (Lipinski definition) is 2. The SMILES string of the molecule is Cc1cc(C(F)(F)F)nn1CC1CCC(c2cc(C(F)(F)F)cc(C(N)=O)c2Cl)CC1. The second kappa shape index (κ2) is 8.37. The maximum Gasteiger partial charge on any atom is 0.435 e. The van der Waals surface area contributed by atoms with Crippen LogP contribution in [0.5, 0.6) is 0 Å². The van der Waals surface area contributed by atoms with Crippen LogP contribution < -0.4 is 5.73 Å². The van der Waals surface area contributed by atoms with Gasteiger partial charge in [0.25, 0.3) is 0 Å². The standard InChI is InChI=1S/C20H20ClF6N3O/c1-10-6-16(20(25,26)27)29-30(10)9-11-2-4-12(5-3-11)14-7-13(19(22,23)24)8-15(17(14)21)18(28)31/h6-8,11-12H,2-5,9H2,1H3,(H2,28,31). The predicted octanol–water partition coefficient (Wildman–Crippen LogP) is 5.96. The van der Waals surface area contributed by atoms with Crippen molar-refractivity contribution >= 4 is 17.5 Å². The fourth-order valence-corrected chi connectivity index (χ4v) is 4.38. The molecule has 3 rings (SSSR count). The van der Waals surface area contributed by atoms with E-state index in [4.69, 9.17) is 17.3 Å². The smallest absolute Gasteiger partial charge is 0.366 e. The Labute approximate surface area is 179 Å². The molecule has 0 bridgehead atoms. The van der Waals surface area contributed by atoms with E-state index in [0.717, 1.165) is 12.1 Å². The van der Waals surface area contributed by atoms with Gasteiger partial charge in [-0.25, -0.2) is 0 Å². The number of primary amides is 1. The van der Waals surface area contributed by atoms with Gasteiger partial charge >= 0.3 is 12.4 Å². The Bertz CT molecular complexity index is 975. The van der Waals surface area contributed by atoms with Crippen molar-refractivity contribution in [3.8, 4) is 0 Å². The predicted molar refractivity (Wildman–Crippen MR) is 102 cm³/mol. The van der Waals surface area contributed by atoms with E-state index in [2.05, 4.69) is 5.10 Å². The van der Waals surface area contributed by atoms with Gasteiger partial charge in [0.05, 0.1) is 16.1 Å². The van der Waals surface area contributed by atoms with Crippen LogP contribution in [0, 0.1) is 12.8 Å². The third-order valence-electron chi connectivity index (χ3n) is 5.68. The molecule has 4 nitrogen and oxygen atoms in total. The van der Waals surface area contributed by atoms with Gasteiger partial charge in [0.15, 0.2) is 5.69 Å². The van der Waals surface area contributed by atoms with Gasteiger partial charge in [0, 0.05) is 12.2 Å². The summed E-state index contributed by atoms with van der Waals surface area (Å²) in [5.41, 5.74) is 3.49. The van der Waals surface area contributed by atoms with Gasteiger partial charge < -0.3 is 5.73 Å². The number of benzene rings is 1. The van der Waals surface area contributed by atoms with E-state index in [9.17, 15) is 31.1 Å². The number of alkyl halides is 6. The number of carbonyl (C=O) groups is 1. The second-order valence-corrected chi connectivity index (χ2v) is 8.24. The van der Waals surface area contributed by atoms with Gasteiger partial charge in [-0.05, 0) is 68.2 Å². The molecule has 1 heterocycles. The monoisotopic (exact) mass is 467 g/mol. The number of nitrogens with zero attached hydrogens (tertiary/aromatic N) is 2. The molecule has 0 spiro atoms. The Kier molecular flexibility index (Phi) is 6.32. The highest BCUT2D eigenvalue weighted by Gasteiger charge is 2.36. The van der Waals surface area contributed by atoms with Crippen LogP contribution in [0.1, 0.15) is 64.5 Å². The molecule has 0 aliphatic heterocycles. The lowest BCUT2D eigenvalue weighted by atomic mass is 9.78. The van der Waals surface area contributed by atoms with E-state index < -0.39 is 29.5 Å². The number of hydrogen-bond donors (Lipinski definition) is 1. The van der Waals surface area contributed by atoms with Crippen molar-refractivity contribution in [1.29, 1.82) is 0 Å². The molecule has 170 valence electrons. The molecule has 1 aromatic heterocycles. The Hall–Kier alpha value is -2.23. The molecule has 1 amide bonds. The van der Waals surface area contributed by atoms with Crippen molar-refractivity contribution in [2.75, 3.05) is 0 Å². The van der Waals surface area contributed by atoms with Crippen LogP contribution in [0.25, 0.3) is 0 Å². The van der Waals surface area contributed by atoms with Gasteiger partial charge in [-0.2, -0.15) is 31.4 Å². The lowest BCUT2D eigenvalue weighted by Gasteiger charge is -2.30. The molecule has 0 atom stereocenters. The first-order valence-corrected chi connectivity index (χ1v) is 9.97. The number of aryl methyl sites for hydroxylation is 1. The number of aromatic nitrogens is 2. The van der Waals surface area contributed by atoms with E-state index in [1.807, 2.05) is 0 Å². The first-order chi connectivity index (χ1) is 14.3. The van der Waals surface area contributed by atoms with Crippen molar-refractivity contribution in [3.63, 3.8) is 0 Å². The fraction of sp³-hybridized carbons (Fsp3) is 0.500. The van der Waals surface area contributed by atoms with E-state index >= 15 is 0 Å². The van der Waals surface area contributed by atoms with Crippen molar-refractivity contribution < 1.29 is 31.1 Å². The average molecular weight is 468 g/mol. The van der Waals surface area contributed by atoms with Gasteiger partial charge in [-0.1, -0.05) is 11.6 Å². The third kappa shape index (κ3) is 5.16. The summed E-state index contributed by atoms with van der Waals surface area (Å²) >= 11 is 6.20. The zero-order valence-corrected chi connectivity index (χ0v) is 17.2. The van der Waals surface area contributed by atoms with Crippen LogP contribution in [0.4, 0.5) is 26.3 Å². The quantitative estimate of drug-likeness (QED) is 0.564. The van der Waals surface area contributed by atoms with Crippen LogP contribution >= 0.6 is 11.6 Å². The minimum Gasteiger partial charge on any atom is -0.366 e. The highest BCUT2D eigenvalue weighted by Crippen LogP contribution is 2.43. The summed E-state index contributed by atoms with van der Waals surface area (Å²) in [6.45, 7) is 1.83. The number of halogens is 7. The molecule has 2 aromatic rings. The third-order valence-corrected chi connectivity index (χ3v) is 6.10. The van der Waals surface area contributed by atoms with Crippen LogP contribution in [0.15, 0.2) is 18.2 Å². The average Bonchev–Trinajstić information content (AvgIpc) is 3.02. The highest BCUT2D eigenvalue weighted by molar-refractivity contribution is 6.34. The number of nitrogens with two attached hydrogens (primary N) is 1. The van der Waals surface area contributed by atoms with Gasteiger partial charge in [-0.15, -0.1) is 0 Å². The lowest BCUT2D eigenvalue weighted by Crippen LogP contribution is -2.21. The summed E-state index contributed by atoms with van der Waals surface area (Å²) in [7, 11) is 0. The summed E-state index contributed by atoms with van der Waals surface area (Å²) in [4.78, 5) is 11.6. The van der Waals surface area contributed by atoms with Crippen molar-refractivity contribution in [1.82, 2.24) is 9.78 Å². The number of carbonyl (C=O) groups excluding carboxylic acids is 1. The molecule has 2 N–H and O–H groups in total. The molecule has 11 heteroatoms. The van der Waals surface area contributed by atoms with Crippen molar-refractivity contribution in [3.05, 3.63) is 51.3 Å². The summed E-state index contributed by atoms with van der Waals surface area (Å²) < 4.78 is 79.6. The number of amides is 1. The molecule has 1 fully saturated rings. The minimum absolute atomic E-state index is 0.0242. The van der Waals surface area contributed by atoms with Crippen molar-refractivity contribution in [2.24, 2.45) is 11.7 Å². The van der Waals surface area contributed by atoms with E-state index in [-0.39, 0.29) is 34.5 Å². The first kappa shape index (κ1) is 23.4. The largest absolute Gasteiger partial charge is 0.435 e. The van der Waals surface area contributed by atoms with Gasteiger partial charge in [0.1, 0.15) is 0 Å². The van der Waals surface area contributed by atoms with Gasteiger partial charge in [-0.3, -0.25) is 9.48 Å². The molecule has 31 heavy (non-hydrogen) atoms. The topological polar surface area (TPSA) is 60.9 Å². The molecular weight excluding hydrogens is 448 g/mol.